The highest BCUT2D eigenvalue weighted by Crippen LogP contribution is 2.34. The van der Waals surface area contributed by atoms with Crippen molar-refractivity contribution >= 4 is 21.6 Å². The van der Waals surface area contributed by atoms with E-state index in [-0.39, 0.29) is 17.9 Å². The summed E-state index contributed by atoms with van der Waals surface area (Å²) in [5, 5.41) is 2.63. The van der Waals surface area contributed by atoms with Crippen LogP contribution in [0.1, 0.15) is 63.5 Å². The second-order valence-corrected chi connectivity index (χ2v) is 11.2. The normalized spacial score (nSPS) is 22.5. The maximum atomic E-state index is 12.8. The molecule has 1 aromatic rings. The van der Waals surface area contributed by atoms with Gasteiger partial charge in [0.15, 0.2) is 0 Å². The van der Waals surface area contributed by atoms with Gasteiger partial charge in [-0.25, -0.2) is 13.1 Å². The number of amides is 1. The average molecular weight is 423 g/mol. The molecule has 2 aliphatic carbocycles. The van der Waals surface area contributed by atoms with E-state index in [1.807, 2.05) is 26.0 Å². The maximum absolute atomic E-state index is 12.8. The monoisotopic (exact) mass is 422 g/mol. The fourth-order valence-corrected chi connectivity index (χ4v) is 4.72. The molecule has 162 valence electrons. The molecule has 2 N–H and O–H groups in total. The number of carbonyl (C=O) groups excluding carboxylic acids is 1. The fourth-order valence-electron chi connectivity index (χ4n) is 3.75. The third-order valence-corrected chi connectivity index (χ3v) is 7.97. The van der Waals surface area contributed by atoms with Crippen molar-refractivity contribution in [2.45, 2.75) is 77.5 Å². The molecule has 0 bridgehead atoms. The van der Waals surface area contributed by atoms with E-state index in [1.165, 1.54) is 12.8 Å². The number of sulfonamides is 1. The molecule has 0 atom stereocenters. The van der Waals surface area contributed by atoms with Crippen molar-refractivity contribution in [3.63, 3.8) is 0 Å². The minimum absolute atomic E-state index is 0.00950. The molecule has 2 aliphatic rings. The summed E-state index contributed by atoms with van der Waals surface area (Å²) in [6, 6.07) is 3.85. The van der Waals surface area contributed by atoms with Crippen LogP contribution in [0.15, 0.2) is 12.1 Å². The molecule has 0 aliphatic heterocycles. The van der Waals surface area contributed by atoms with Crippen molar-refractivity contribution in [1.29, 1.82) is 0 Å². The fraction of sp³-hybridized carbons (Fsp3) is 0.682. The van der Waals surface area contributed by atoms with Crippen LogP contribution < -0.4 is 14.8 Å². The smallest absolute Gasteiger partial charge is 0.227 e. The zero-order chi connectivity index (χ0) is 21.2. The molecular weight excluding hydrogens is 388 g/mol. The summed E-state index contributed by atoms with van der Waals surface area (Å²) < 4.78 is 32.9. The van der Waals surface area contributed by atoms with Gasteiger partial charge in [-0.15, -0.1) is 0 Å². The quantitative estimate of drug-likeness (QED) is 0.665. The van der Waals surface area contributed by atoms with E-state index in [0.29, 0.717) is 31.6 Å². The molecule has 0 spiro atoms. The lowest BCUT2D eigenvalue weighted by Gasteiger charge is -2.29. The summed E-state index contributed by atoms with van der Waals surface area (Å²) >= 11 is 0. The number of hydrogen-bond donors (Lipinski definition) is 2. The van der Waals surface area contributed by atoms with Gasteiger partial charge in [-0.05, 0) is 83.8 Å². The van der Waals surface area contributed by atoms with Crippen molar-refractivity contribution in [2.24, 2.45) is 11.8 Å². The van der Waals surface area contributed by atoms with Gasteiger partial charge in [-0.1, -0.05) is 6.07 Å². The van der Waals surface area contributed by atoms with E-state index < -0.39 is 15.3 Å². The van der Waals surface area contributed by atoms with Gasteiger partial charge in [0.05, 0.1) is 11.9 Å². The van der Waals surface area contributed by atoms with Gasteiger partial charge in [-0.3, -0.25) is 4.79 Å². The highest BCUT2D eigenvalue weighted by atomic mass is 32.2. The van der Waals surface area contributed by atoms with Gasteiger partial charge in [-0.2, -0.15) is 0 Å². The van der Waals surface area contributed by atoms with Crippen LogP contribution in [0.2, 0.25) is 0 Å². The predicted molar refractivity (Wildman–Crippen MR) is 116 cm³/mol. The first-order chi connectivity index (χ1) is 13.7. The van der Waals surface area contributed by atoms with E-state index in [1.54, 1.807) is 13.8 Å². The summed E-state index contributed by atoms with van der Waals surface area (Å²) in [6.07, 6.45) is 5.23. The first kappa shape index (κ1) is 22.1. The van der Waals surface area contributed by atoms with Crippen molar-refractivity contribution in [3.05, 3.63) is 23.3 Å². The largest absolute Gasteiger partial charge is 0.493 e. The minimum atomic E-state index is -3.27. The Morgan fingerprint density at radius 1 is 1.10 bits per heavy atom. The van der Waals surface area contributed by atoms with Gasteiger partial charge in [0, 0.05) is 23.2 Å². The first-order valence-corrected chi connectivity index (χ1v) is 12.3. The van der Waals surface area contributed by atoms with Crippen LogP contribution in [0.25, 0.3) is 0 Å². The van der Waals surface area contributed by atoms with Gasteiger partial charge in [0.2, 0.25) is 15.9 Å². The molecule has 7 heteroatoms. The Bertz CT molecular complexity index is 839. The summed E-state index contributed by atoms with van der Waals surface area (Å²) in [4.78, 5) is 12.8. The number of rotatable bonds is 8. The highest BCUT2D eigenvalue weighted by molar-refractivity contribution is 7.90. The van der Waals surface area contributed by atoms with Crippen LogP contribution in [0.4, 0.5) is 5.69 Å². The Kier molecular flexibility index (Phi) is 6.89. The Morgan fingerprint density at radius 2 is 1.76 bits per heavy atom. The third kappa shape index (κ3) is 5.72. The second kappa shape index (κ2) is 9.04. The Balaban J connectivity index is 1.56. The molecule has 2 saturated carbocycles. The van der Waals surface area contributed by atoms with Gasteiger partial charge in [0.1, 0.15) is 5.75 Å². The lowest BCUT2D eigenvalue weighted by atomic mass is 9.86. The standard InChI is InChI=1S/C22H34N2O4S/c1-14(2)29(26,27)24-19-10-8-18(9-11-19)22(25)23-20-12-5-15(3)21(16(20)4)28-13-17-6-7-17/h5,12,14,17-19,24H,6-11,13H2,1-4H3,(H,23,25)/t18-,19-. The molecular formula is C22H34N2O4S. The first-order valence-electron chi connectivity index (χ1n) is 10.7. The van der Waals surface area contributed by atoms with Gasteiger partial charge < -0.3 is 10.1 Å². The van der Waals surface area contributed by atoms with E-state index >= 15 is 0 Å². The molecule has 1 aromatic carbocycles. The van der Waals surface area contributed by atoms with E-state index in [2.05, 4.69) is 10.0 Å². The molecule has 0 unspecified atom stereocenters. The maximum Gasteiger partial charge on any atom is 0.227 e. The second-order valence-electron chi connectivity index (χ2n) is 8.89. The van der Waals surface area contributed by atoms with E-state index in [4.69, 9.17) is 4.74 Å². The Labute approximate surface area is 174 Å². The lowest BCUT2D eigenvalue weighted by molar-refractivity contribution is -0.120. The summed E-state index contributed by atoms with van der Waals surface area (Å²) in [5.41, 5.74) is 2.85. The number of hydrogen-bond acceptors (Lipinski definition) is 4. The molecule has 3 rings (SSSR count). The molecule has 1 amide bonds. The predicted octanol–water partition coefficient (Wildman–Crippen LogP) is 3.92. The van der Waals surface area contributed by atoms with Crippen LogP contribution in [0.5, 0.6) is 5.75 Å². The summed E-state index contributed by atoms with van der Waals surface area (Å²) in [6.45, 7) is 8.11. The average Bonchev–Trinajstić information content (AvgIpc) is 3.48. The molecule has 0 saturated heterocycles. The number of aryl methyl sites for hydroxylation is 1. The number of nitrogens with one attached hydrogen (secondary N) is 2. The number of anilines is 1. The minimum Gasteiger partial charge on any atom is -0.493 e. The number of ether oxygens (including phenoxy) is 1. The third-order valence-electron chi connectivity index (χ3n) is 6.07. The van der Waals surface area contributed by atoms with Crippen molar-refractivity contribution in [1.82, 2.24) is 4.72 Å². The van der Waals surface area contributed by atoms with Crippen LogP contribution in [-0.2, 0) is 14.8 Å². The van der Waals surface area contributed by atoms with Gasteiger partial charge >= 0.3 is 0 Å². The molecule has 29 heavy (non-hydrogen) atoms. The van der Waals surface area contributed by atoms with Crippen molar-refractivity contribution in [2.75, 3.05) is 11.9 Å². The van der Waals surface area contributed by atoms with Gasteiger partial charge in [0.25, 0.3) is 0 Å². The molecule has 0 radical (unpaired) electrons. The number of carbonyl (C=O) groups is 1. The van der Waals surface area contributed by atoms with Crippen LogP contribution in [-0.4, -0.2) is 32.2 Å². The molecule has 2 fully saturated rings. The number of benzene rings is 1. The highest BCUT2D eigenvalue weighted by Gasteiger charge is 2.30. The van der Waals surface area contributed by atoms with Crippen molar-refractivity contribution < 1.29 is 17.9 Å². The van der Waals surface area contributed by atoms with Crippen molar-refractivity contribution in [3.8, 4) is 5.75 Å². The summed E-state index contributed by atoms with van der Waals surface area (Å²) in [7, 11) is -3.27. The topological polar surface area (TPSA) is 84.5 Å². The molecule has 6 nitrogen and oxygen atoms in total. The van der Waals surface area contributed by atoms with Crippen LogP contribution >= 0.6 is 0 Å². The lowest BCUT2D eigenvalue weighted by Crippen LogP contribution is -2.42. The summed E-state index contributed by atoms with van der Waals surface area (Å²) in [5.74, 6) is 1.47. The van der Waals surface area contributed by atoms with E-state index in [0.717, 1.165) is 29.2 Å². The Hall–Kier alpha value is -1.60. The van der Waals surface area contributed by atoms with E-state index in [9.17, 15) is 13.2 Å². The zero-order valence-electron chi connectivity index (χ0n) is 18.0. The molecule has 0 heterocycles. The Morgan fingerprint density at radius 3 is 2.34 bits per heavy atom. The zero-order valence-corrected chi connectivity index (χ0v) is 18.8. The molecule has 0 aromatic heterocycles. The van der Waals surface area contributed by atoms with Crippen LogP contribution in [0, 0.1) is 25.7 Å². The van der Waals surface area contributed by atoms with Crippen LogP contribution in [0.3, 0.4) is 0 Å². The SMILES string of the molecule is Cc1ccc(NC(=O)[C@H]2CC[C@H](NS(=O)(=O)C(C)C)CC2)c(C)c1OCC1CC1.